The smallest absolute Gasteiger partial charge is 0.154 e. The lowest BCUT2D eigenvalue weighted by atomic mass is 10.1. The molecule has 0 spiro atoms. The van der Waals surface area contributed by atoms with Crippen LogP contribution in [0.5, 0.6) is 11.5 Å². The van der Waals surface area contributed by atoms with Gasteiger partial charge in [0, 0.05) is 12.2 Å². The third kappa shape index (κ3) is 3.96. The lowest BCUT2D eigenvalue weighted by Crippen LogP contribution is -2.17. The van der Waals surface area contributed by atoms with Crippen molar-refractivity contribution in [2.75, 3.05) is 19.5 Å². The highest BCUT2D eigenvalue weighted by atomic mass is 16.5. The number of rotatable bonds is 9. The molecule has 148 valence electrons. The van der Waals surface area contributed by atoms with E-state index < -0.39 is 0 Å². The summed E-state index contributed by atoms with van der Waals surface area (Å²) >= 11 is 0. The maximum atomic E-state index is 5.56. The number of hydrogen-bond acceptors (Lipinski definition) is 5. The third-order valence-electron chi connectivity index (χ3n) is 4.77. The van der Waals surface area contributed by atoms with E-state index in [0.717, 1.165) is 46.8 Å². The first-order valence-electron chi connectivity index (χ1n) is 9.57. The normalized spacial score (nSPS) is 12.0. The Kier molecular flexibility index (Phi) is 6.19. The van der Waals surface area contributed by atoms with Crippen molar-refractivity contribution in [3.8, 4) is 11.5 Å². The molecule has 6 heteroatoms. The predicted octanol–water partition coefficient (Wildman–Crippen LogP) is 4.74. The summed E-state index contributed by atoms with van der Waals surface area (Å²) < 4.78 is 13.2. The van der Waals surface area contributed by atoms with E-state index in [1.54, 1.807) is 20.3 Å². The highest BCUT2D eigenvalue weighted by Crippen LogP contribution is 2.31. The van der Waals surface area contributed by atoms with Crippen LogP contribution in [0.1, 0.15) is 38.1 Å². The minimum Gasteiger partial charge on any atom is -0.496 e. The van der Waals surface area contributed by atoms with E-state index in [0.29, 0.717) is 18.4 Å². The first-order valence-corrected chi connectivity index (χ1v) is 9.57. The predicted molar refractivity (Wildman–Crippen MR) is 114 cm³/mol. The van der Waals surface area contributed by atoms with Crippen LogP contribution >= 0.6 is 0 Å². The Morgan fingerprint density at radius 2 is 1.89 bits per heavy atom. The van der Waals surface area contributed by atoms with Crippen LogP contribution in [0.3, 0.4) is 0 Å². The highest BCUT2D eigenvalue weighted by Gasteiger charge is 2.16. The first-order chi connectivity index (χ1) is 13.6. The van der Waals surface area contributed by atoms with E-state index in [1.807, 2.05) is 30.5 Å². The van der Waals surface area contributed by atoms with Crippen LogP contribution in [0.25, 0.3) is 17.1 Å². The summed E-state index contributed by atoms with van der Waals surface area (Å²) in [4.78, 5) is 9.28. The molecule has 0 fully saturated rings. The van der Waals surface area contributed by atoms with E-state index >= 15 is 0 Å². The van der Waals surface area contributed by atoms with Gasteiger partial charge in [-0.05, 0) is 37.6 Å². The zero-order chi connectivity index (χ0) is 20.1. The van der Waals surface area contributed by atoms with Gasteiger partial charge in [-0.1, -0.05) is 26.0 Å². The molecule has 3 rings (SSSR count). The molecule has 0 saturated carbocycles. The van der Waals surface area contributed by atoms with Gasteiger partial charge in [-0.3, -0.25) is 0 Å². The Labute approximate surface area is 166 Å². The van der Waals surface area contributed by atoms with Gasteiger partial charge >= 0.3 is 0 Å². The molecule has 0 aliphatic rings. The van der Waals surface area contributed by atoms with Crippen molar-refractivity contribution in [2.45, 2.75) is 39.3 Å². The van der Waals surface area contributed by atoms with Gasteiger partial charge in [-0.25, -0.2) is 9.97 Å². The number of ether oxygens (including phenoxy) is 2. The van der Waals surface area contributed by atoms with Crippen LogP contribution in [0, 0.1) is 0 Å². The Hall–Kier alpha value is -3.02. The summed E-state index contributed by atoms with van der Waals surface area (Å²) in [5.74, 6) is 3.02. The van der Waals surface area contributed by atoms with Crippen molar-refractivity contribution >= 4 is 22.9 Å². The standard InChI is InChI=1S/C22H28N4O2/c1-6-9-15(3)23-22-21-17(24-20(7-2)25-22)12-13-26(21)14-16-18(27-4)10-8-11-19(16)28-5/h7-8,10-13,15H,2,6,9,14H2,1,3-5H3,(H,23,24,25). The number of fused-ring (bicyclic) bond motifs is 1. The van der Waals surface area contributed by atoms with Crippen LogP contribution in [0.2, 0.25) is 0 Å². The second-order valence-corrected chi connectivity index (χ2v) is 6.79. The van der Waals surface area contributed by atoms with E-state index in [2.05, 4.69) is 40.3 Å². The molecule has 6 nitrogen and oxygen atoms in total. The molecular weight excluding hydrogens is 352 g/mol. The molecule has 28 heavy (non-hydrogen) atoms. The molecule has 0 aliphatic carbocycles. The average molecular weight is 380 g/mol. The van der Waals surface area contributed by atoms with Gasteiger partial charge in [0.15, 0.2) is 11.6 Å². The lowest BCUT2D eigenvalue weighted by Gasteiger charge is -2.18. The lowest BCUT2D eigenvalue weighted by molar-refractivity contribution is 0.383. The number of nitrogens with zero attached hydrogens (tertiary/aromatic N) is 3. The molecular formula is C22H28N4O2. The fraction of sp³-hybridized carbons (Fsp3) is 0.364. The molecule has 0 aliphatic heterocycles. The Balaban J connectivity index is 2.09. The van der Waals surface area contributed by atoms with Crippen LogP contribution in [-0.4, -0.2) is 34.8 Å². The largest absolute Gasteiger partial charge is 0.496 e. The molecule has 2 heterocycles. The van der Waals surface area contributed by atoms with Crippen molar-refractivity contribution < 1.29 is 9.47 Å². The van der Waals surface area contributed by atoms with Gasteiger partial charge in [-0.15, -0.1) is 0 Å². The van der Waals surface area contributed by atoms with Crippen molar-refractivity contribution in [1.82, 2.24) is 14.5 Å². The van der Waals surface area contributed by atoms with Gasteiger partial charge in [-0.2, -0.15) is 0 Å². The van der Waals surface area contributed by atoms with Crippen molar-refractivity contribution in [3.63, 3.8) is 0 Å². The minimum absolute atomic E-state index is 0.310. The molecule has 1 unspecified atom stereocenters. The number of benzene rings is 1. The number of methoxy groups -OCH3 is 2. The quantitative estimate of drug-likeness (QED) is 0.581. The zero-order valence-corrected chi connectivity index (χ0v) is 17.0. The molecule has 0 saturated heterocycles. The summed E-state index contributed by atoms with van der Waals surface area (Å²) in [5.41, 5.74) is 2.82. The molecule has 1 N–H and O–H groups in total. The van der Waals surface area contributed by atoms with Gasteiger partial charge in [0.25, 0.3) is 0 Å². The van der Waals surface area contributed by atoms with Crippen molar-refractivity contribution in [3.05, 3.63) is 48.4 Å². The molecule has 3 aromatic rings. The van der Waals surface area contributed by atoms with Gasteiger partial charge in [0.1, 0.15) is 17.0 Å². The van der Waals surface area contributed by atoms with Crippen molar-refractivity contribution in [1.29, 1.82) is 0 Å². The molecule has 2 aromatic heterocycles. The van der Waals surface area contributed by atoms with E-state index in [1.165, 1.54) is 0 Å². The average Bonchev–Trinajstić information content (AvgIpc) is 3.11. The van der Waals surface area contributed by atoms with E-state index in [-0.39, 0.29) is 0 Å². The molecule has 0 radical (unpaired) electrons. The maximum absolute atomic E-state index is 5.56. The Morgan fingerprint density at radius 1 is 1.18 bits per heavy atom. The van der Waals surface area contributed by atoms with Gasteiger partial charge < -0.3 is 19.4 Å². The SMILES string of the molecule is C=Cc1nc(NC(C)CCC)c2c(ccn2Cc2c(OC)cccc2OC)n1. The summed E-state index contributed by atoms with van der Waals surface area (Å²) in [5, 5.41) is 3.55. The number of hydrogen-bond donors (Lipinski definition) is 1. The summed E-state index contributed by atoms with van der Waals surface area (Å²) in [7, 11) is 3.34. The number of aromatic nitrogens is 3. The van der Waals surface area contributed by atoms with Crippen LogP contribution < -0.4 is 14.8 Å². The summed E-state index contributed by atoms with van der Waals surface area (Å²) in [6.45, 7) is 8.76. The van der Waals surface area contributed by atoms with Crippen molar-refractivity contribution in [2.24, 2.45) is 0 Å². The minimum atomic E-state index is 0.310. The van der Waals surface area contributed by atoms with Gasteiger partial charge in [0.2, 0.25) is 0 Å². The van der Waals surface area contributed by atoms with Crippen LogP contribution in [-0.2, 0) is 6.54 Å². The molecule has 1 atom stereocenters. The fourth-order valence-corrected chi connectivity index (χ4v) is 3.44. The van der Waals surface area contributed by atoms with Crippen LogP contribution in [0.4, 0.5) is 5.82 Å². The second kappa shape index (κ2) is 8.78. The fourth-order valence-electron chi connectivity index (χ4n) is 3.44. The monoisotopic (exact) mass is 380 g/mol. The summed E-state index contributed by atoms with van der Waals surface area (Å²) in [6.07, 6.45) is 5.87. The third-order valence-corrected chi connectivity index (χ3v) is 4.77. The summed E-state index contributed by atoms with van der Waals surface area (Å²) in [6, 6.07) is 8.12. The van der Waals surface area contributed by atoms with E-state index in [9.17, 15) is 0 Å². The Morgan fingerprint density at radius 3 is 2.50 bits per heavy atom. The molecule has 0 amide bonds. The van der Waals surface area contributed by atoms with Crippen LogP contribution in [0.15, 0.2) is 37.0 Å². The number of anilines is 1. The van der Waals surface area contributed by atoms with Gasteiger partial charge in [0.05, 0.1) is 31.8 Å². The molecule has 1 aromatic carbocycles. The second-order valence-electron chi connectivity index (χ2n) is 6.79. The molecule has 0 bridgehead atoms. The topological polar surface area (TPSA) is 61.2 Å². The maximum Gasteiger partial charge on any atom is 0.154 e. The Bertz CT molecular complexity index is 942. The highest BCUT2D eigenvalue weighted by molar-refractivity contribution is 5.87. The zero-order valence-electron chi connectivity index (χ0n) is 17.0. The number of nitrogens with one attached hydrogen (secondary N) is 1. The first kappa shape index (κ1) is 19.7. The van der Waals surface area contributed by atoms with E-state index in [4.69, 9.17) is 9.47 Å².